The Labute approximate surface area is 127 Å². The molecule has 2 aliphatic rings. The van der Waals surface area contributed by atoms with Gasteiger partial charge in [0.15, 0.2) is 0 Å². The Kier molecular flexibility index (Phi) is 3.61. The predicted octanol–water partition coefficient (Wildman–Crippen LogP) is 2.10. The van der Waals surface area contributed by atoms with E-state index in [9.17, 15) is 14.0 Å². The van der Waals surface area contributed by atoms with Crippen molar-refractivity contribution in [1.29, 1.82) is 0 Å². The lowest BCUT2D eigenvalue weighted by molar-refractivity contribution is -0.149. The number of benzene rings is 1. The molecule has 2 fully saturated rings. The topological polar surface area (TPSA) is 49.4 Å². The van der Waals surface area contributed by atoms with E-state index in [1.165, 1.54) is 17.0 Å². The van der Waals surface area contributed by atoms with Gasteiger partial charge in [0.25, 0.3) is 0 Å². The molecule has 1 aromatic rings. The van der Waals surface area contributed by atoms with Crippen LogP contribution in [0.2, 0.25) is 5.02 Å². The highest BCUT2D eigenvalue weighted by Gasteiger charge is 2.45. The molecule has 3 rings (SSSR count). The fourth-order valence-corrected chi connectivity index (χ4v) is 2.76. The lowest BCUT2D eigenvalue weighted by atomic mass is 10.0. The standard InChI is InChI=1S/C15H16ClFN2O2/c1-8-14(20)18-13(10-3-4-10)15(21)19(8)7-9-2-5-11(16)12(17)6-9/h2,5-6,8,10,13H,3-4,7H2,1H3,(H,18,20). The second-order valence-electron chi connectivity index (χ2n) is 5.71. The van der Waals surface area contributed by atoms with Gasteiger partial charge in [0.05, 0.1) is 5.02 Å². The summed E-state index contributed by atoms with van der Waals surface area (Å²) in [5, 5.41) is 2.84. The van der Waals surface area contributed by atoms with Crippen LogP contribution in [0.5, 0.6) is 0 Å². The number of piperazine rings is 1. The van der Waals surface area contributed by atoms with Gasteiger partial charge in [-0.1, -0.05) is 17.7 Å². The van der Waals surface area contributed by atoms with Crippen LogP contribution in [0.15, 0.2) is 18.2 Å². The number of rotatable bonds is 3. The molecule has 1 heterocycles. The van der Waals surface area contributed by atoms with Crippen LogP contribution in [0.25, 0.3) is 0 Å². The minimum Gasteiger partial charge on any atom is -0.342 e. The first-order valence-electron chi connectivity index (χ1n) is 7.02. The molecule has 1 aliphatic carbocycles. The van der Waals surface area contributed by atoms with Crippen LogP contribution in [-0.4, -0.2) is 28.8 Å². The van der Waals surface area contributed by atoms with Crippen molar-refractivity contribution in [2.75, 3.05) is 0 Å². The zero-order valence-electron chi connectivity index (χ0n) is 11.6. The summed E-state index contributed by atoms with van der Waals surface area (Å²) in [6.45, 7) is 1.90. The zero-order valence-corrected chi connectivity index (χ0v) is 12.4. The molecule has 0 spiro atoms. The second kappa shape index (κ2) is 5.30. The van der Waals surface area contributed by atoms with Crippen LogP contribution in [0, 0.1) is 11.7 Å². The van der Waals surface area contributed by atoms with Crippen LogP contribution < -0.4 is 5.32 Å². The second-order valence-corrected chi connectivity index (χ2v) is 6.12. The van der Waals surface area contributed by atoms with Crippen molar-refractivity contribution >= 4 is 23.4 Å². The van der Waals surface area contributed by atoms with Crippen LogP contribution in [0.1, 0.15) is 25.3 Å². The van der Waals surface area contributed by atoms with Crippen molar-refractivity contribution in [3.63, 3.8) is 0 Å². The smallest absolute Gasteiger partial charge is 0.246 e. The van der Waals surface area contributed by atoms with E-state index in [0.29, 0.717) is 5.56 Å². The molecule has 2 unspecified atom stereocenters. The van der Waals surface area contributed by atoms with Crippen molar-refractivity contribution in [3.05, 3.63) is 34.6 Å². The molecule has 1 aliphatic heterocycles. The molecule has 6 heteroatoms. The third-order valence-corrected chi connectivity index (χ3v) is 4.43. The van der Waals surface area contributed by atoms with E-state index >= 15 is 0 Å². The number of carbonyl (C=O) groups excluding carboxylic acids is 2. The first-order chi connectivity index (χ1) is 9.97. The van der Waals surface area contributed by atoms with Gasteiger partial charge in [0.1, 0.15) is 17.9 Å². The van der Waals surface area contributed by atoms with E-state index in [0.717, 1.165) is 12.8 Å². The summed E-state index contributed by atoms with van der Waals surface area (Å²) in [7, 11) is 0. The Morgan fingerprint density at radius 1 is 1.38 bits per heavy atom. The molecule has 1 aromatic carbocycles. The highest BCUT2D eigenvalue weighted by Crippen LogP contribution is 2.35. The summed E-state index contributed by atoms with van der Waals surface area (Å²) in [6, 6.07) is 3.46. The lowest BCUT2D eigenvalue weighted by Gasteiger charge is -2.37. The van der Waals surface area contributed by atoms with Crippen molar-refractivity contribution in [2.45, 2.75) is 38.4 Å². The fraction of sp³-hybridized carbons (Fsp3) is 0.467. The highest BCUT2D eigenvalue weighted by atomic mass is 35.5. The van der Waals surface area contributed by atoms with Crippen molar-refractivity contribution in [3.8, 4) is 0 Å². The van der Waals surface area contributed by atoms with E-state index in [-0.39, 0.29) is 29.3 Å². The van der Waals surface area contributed by atoms with Crippen LogP contribution in [0.3, 0.4) is 0 Å². The molecule has 1 saturated heterocycles. The summed E-state index contributed by atoms with van der Waals surface area (Å²) >= 11 is 5.66. The number of nitrogens with zero attached hydrogens (tertiary/aromatic N) is 1. The fourth-order valence-electron chi connectivity index (χ4n) is 2.65. The molecule has 0 bridgehead atoms. The molecule has 2 atom stereocenters. The number of amides is 2. The Morgan fingerprint density at radius 2 is 2.10 bits per heavy atom. The van der Waals surface area contributed by atoms with Crippen LogP contribution in [0.4, 0.5) is 4.39 Å². The average Bonchev–Trinajstić information content (AvgIpc) is 3.27. The molecular formula is C15H16ClFN2O2. The van der Waals surface area contributed by atoms with Gasteiger partial charge in [-0.05, 0) is 43.4 Å². The van der Waals surface area contributed by atoms with E-state index in [2.05, 4.69) is 5.32 Å². The normalized spacial score (nSPS) is 26.0. The minimum atomic E-state index is -0.550. The molecule has 21 heavy (non-hydrogen) atoms. The predicted molar refractivity (Wildman–Crippen MR) is 76.1 cm³/mol. The number of carbonyl (C=O) groups is 2. The van der Waals surface area contributed by atoms with Crippen LogP contribution in [-0.2, 0) is 16.1 Å². The maximum Gasteiger partial charge on any atom is 0.246 e. The third-order valence-electron chi connectivity index (χ3n) is 4.12. The van der Waals surface area contributed by atoms with Gasteiger partial charge >= 0.3 is 0 Å². The van der Waals surface area contributed by atoms with Gasteiger partial charge in [0, 0.05) is 6.54 Å². The summed E-state index contributed by atoms with van der Waals surface area (Å²) in [5.74, 6) is -0.506. The van der Waals surface area contributed by atoms with Crippen molar-refractivity contribution in [2.24, 2.45) is 5.92 Å². The molecule has 4 nitrogen and oxygen atoms in total. The summed E-state index contributed by atoms with van der Waals surface area (Å²) in [5.41, 5.74) is 0.626. The Hall–Kier alpha value is -1.62. The first-order valence-corrected chi connectivity index (χ1v) is 7.40. The maximum absolute atomic E-state index is 13.5. The molecule has 2 amide bonds. The molecule has 0 radical (unpaired) electrons. The SMILES string of the molecule is CC1C(=O)NC(C2CC2)C(=O)N1Cc1ccc(Cl)c(F)c1. The van der Waals surface area contributed by atoms with E-state index < -0.39 is 17.9 Å². The minimum absolute atomic E-state index is 0.0466. The molecule has 1 saturated carbocycles. The Morgan fingerprint density at radius 3 is 2.71 bits per heavy atom. The lowest BCUT2D eigenvalue weighted by Crippen LogP contribution is -2.62. The highest BCUT2D eigenvalue weighted by molar-refractivity contribution is 6.30. The quantitative estimate of drug-likeness (QED) is 0.929. The molecule has 1 N–H and O–H groups in total. The maximum atomic E-state index is 13.5. The van der Waals surface area contributed by atoms with Gasteiger partial charge in [-0.15, -0.1) is 0 Å². The molecule has 112 valence electrons. The van der Waals surface area contributed by atoms with E-state index in [1.54, 1.807) is 13.0 Å². The Bertz CT molecular complexity index is 603. The van der Waals surface area contributed by atoms with Gasteiger partial charge in [-0.2, -0.15) is 0 Å². The van der Waals surface area contributed by atoms with Gasteiger partial charge in [-0.3, -0.25) is 9.59 Å². The Balaban J connectivity index is 1.82. The monoisotopic (exact) mass is 310 g/mol. The first kappa shape index (κ1) is 14.3. The number of hydrogen-bond acceptors (Lipinski definition) is 2. The van der Waals surface area contributed by atoms with Gasteiger partial charge in [-0.25, -0.2) is 4.39 Å². The number of halogens is 2. The van der Waals surface area contributed by atoms with Crippen molar-refractivity contribution in [1.82, 2.24) is 10.2 Å². The van der Waals surface area contributed by atoms with Gasteiger partial charge in [0.2, 0.25) is 11.8 Å². The third kappa shape index (κ3) is 2.75. The largest absolute Gasteiger partial charge is 0.342 e. The molecule has 0 aromatic heterocycles. The number of hydrogen-bond donors (Lipinski definition) is 1. The zero-order chi connectivity index (χ0) is 15.1. The average molecular weight is 311 g/mol. The van der Waals surface area contributed by atoms with E-state index in [1.807, 2.05) is 0 Å². The summed E-state index contributed by atoms with van der Waals surface area (Å²) < 4.78 is 13.5. The summed E-state index contributed by atoms with van der Waals surface area (Å²) in [6.07, 6.45) is 1.93. The number of nitrogens with one attached hydrogen (secondary N) is 1. The van der Waals surface area contributed by atoms with Crippen molar-refractivity contribution < 1.29 is 14.0 Å². The van der Waals surface area contributed by atoms with Crippen LogP contribution >= 0.6 is 11.6 Å². The van der Waals surface area contributed by atoms with E-state index in [4.69, 9.17) is 11.6 Å². The van der Waals surface area contributed by atoms with Gasteiger partial charge < -0.3 is 10.2 Å². The summed E-state index contributed by atoms with van der Waals surface area (Å²) in [4.78, 5) is 26.0. The molecular weight excluding hydrogens is 295 g/mol.